The first-order valence-corrected chi connectivity index (χ1v) is 8.37. The number of carbonyl (C=O) groups excluding carboxylic acids is 1. The summed E-state index contributed by atoms with van der Waals surface area (Å²) in [5, 5.41) is 0. The molecule has 2 aromatic rings. The molecule has 0 bridgehead atoms. The van der Waals surface area contributed by atoms with E-state index in [1.54, 1.807) is 21.1 Å². The van der Waals surface area contributed by atoms with Gasteiger partial charge in [0.1, 0.15) is 11.5 Å². The van der Waals surface area contributed by atoms with E-state index in [2.05, 4.69) is 24.3 Å². The number of rotatable bonds is 8. The molecule has 3 nitrogen and oxygen atoms in total. The summed E-state index contributed by atoms with van der Waals surface area (Å²) in [5.41, 5.74) is 3.90. The van der Waals surface area contributed by atoms with Crippen LogP contribution in [0.1, 0.15) is 46.8 Å². The monoisotopic (exact) mass is 326 g/mol. The van der Waals surface area contributed by atoms with Gasteiger partial charge in [-0.1, -0.05) is 30.3 Å². The van der Waals surface area contributed by atoms with Crippen LogP contribution in [-0.4, -0.2) is 20.0 Å². The first kappa shape index (κ1) is 18.1. The fourth-order valence-electron chi connectivity index (χ4n) is 3.16. The molecule has 2 rings (SSSR count). The first-order valence-electron chi connectivity index (χ1n) is 8.37. The van der Waals surface area contributed by atoms with Gasteiger partial charge in [-0.2, -0.15) is 0 Å². The van der Waals surface area contributed by atoms with E-state index in [9.17, 15) is 4.79 Å². The lowest BCUT2D eigenvalue weighted by atomic mass is 9.95. The summed E-state index contributed by atoms with van der Waals surface area (Å²) >= 11 is 0. The maximum Gasteiger partial charge on any atom is 0.163 e. The number of ether oxygens (including phenoxy) is 2. The molecular weight excluding hydrogens is 300 g/mol. The Balaban J connectivity index is 2.15. The van der Waals surface area contributed by atoms with Crippen molar-refractivity contribution in [2.24, 2.45) is 0 Å². The smallest absolute Gasteiger partial charge is 0.163 e. The van der Waals surface area contributed by atoms with Crippen LogP contribution in [0.2, 0.25) is 0 Å². The fraction of sp³-hybridized carbons (Fsp3) is 0.381. The molecule has 0 unspecified atom stereocenters. The second-order valence-corrected chi connectivity index (χ2v) is 6.03. The van der Waals surface area contributed by atoms with E-state index in [4.69, 9.17) is 9.47 Å². The summed E-state index contributed by atoms with van der Waals surface area (Å²) in [7, 11) is 3.28. The Labute approximate surface area is 144 Å². The van der Waals surface area contributed by atoms with Crippen molar-refractivity contribution in [2.75, 3.05) is 14.2 Å². The quantitative estimate of drug-likeness (QED) is 0.517. The van der Waals surface area contributed by atoms with E-state index in [0.717, 1.165) is 42.6 Å². The van der Waals surface area contributed by atoms with Crippen molar-refractivity contribution in [3.05, 3.63) is 58.7 Å². The molecule has 0 atom stereocenters. The average Bonchev–Trinajstić information content (AvgIpc) is 2.59. The van der Waals surface area contributed by atoms with Crippen LogP contribution in [0, 0.1) is 6.92 Å². The summed E-state index contributed by atoms with van der Waals surface area (Å²) in [6.45, 7) is 3.50. The maximum absolute atomic E-state index is 12.0. The standard InChI is InChI=1S/C21H26O3/c1-15-14-19(23-3)18(21(24-4)20(15)16(2)22)13-9-8-12-17-10-6-5-7-11-17/h5-7,10-11,14H,8-9,12-13H2,1-4H3. The van der Waals surface area contributed by atoms with Crippen molar-refractivity contribution in [1.82, 2.24) is 0 Å². The van der Waals surface area contributed by atoms with Crippen molar-refractivity contribution in [1.29, 1.82) is 0 Å². The number of unbranched alkanes of at least 4 members (excludes halogenated alkanes) is 1. The normalized spacial score (nSPS) is 10.5. The third-order valence-electron chi connectivity index (χ3n) is 4.30. The largest absolute Gasteiger partial charge is 0.496 e. The van der Waals surface area contributed by atoms with Gasteiger partial charge >= 0.3 is 0 Å². The molecule has 0 aromatic heterocycles. The predicted molar refractivity (Wildman–Crippen MR) is 97.4 cm³/mol. The van der Waals surface area contributed by atoms with E-state index < -0.39 is 0 Å². The van der Waals surface area contributed by atoms with Crippen LogP contribution in [0.4, 0.5) is 0 Å². The van der Waals surface area contributed by atoms with E-state index in [1.807, 2.05) is 19.1 Å². The van der Waals surface area contributed by atoms with Crippen molar-refractivity contribution in [3.63, 3.8) is 0 Å². The summed E-state index contributed by atoms with van der Waals surface area (Å²) in [4.78, 5) is 12.0. The molecule has 0 spiro atoms. The van der Waals surface area contributed by atoms with Gasteiger partial charge in [0.15, 0.2) is 5.78 Å². The highest BCUT2D eigenvalue weighted by Crippen LogP contribution is 2.36. The minimum atomic E-state index is 0.0255. The van der Waals surface area contributed by atoms with Gasteiger partial charge in [-0.25, -0.2) is 0 Å². The van der Waals surface area contributed by atoms with Crippen molar-refractivity contribution >= 4 is 5.78 Å². The molecule has 0 saturated carbocycles. The minimum absolute atomic E-state index is 0.0255. The van der Waals surface area contributed by atoms with Gasteiger partial charge in [0, 0.05) is 5.56 Å². The summed E-state index contributed by atoms with van der Waals surface area (Å²) in [6, 6.07) is 12.4. The van der Waals surface area contributed by atoms with Crippen molar-refractivity contribution in [3.8, 4) is 11.5 Å². The number of hydrogen-bond acceptors (Lipinski definition) is 3. The minimum Gasteiger partial charge on any atom is -0.496 e. The molecule has 128 valence electrons. The molecule has 0 saturated heterocycles. The fourth-order valence-corrected chi connectivity index (χ4v) is 3.16. The SMILES string of the molecule is COc1cc(C)c(C(C)=O)c(OC)c1CCCCc1ccccc1. The Kier molecular flexibility index (Phi) is 6.42. The van der Waals surface area contributed by atoms with Gasteiger partial charge in [0.25, 0.3) is 0 Å². The molecule has 0 radical (unpaired) electrons. The molecular formula is C21H26O3. The van der Waals surface area contributed by atoms with Crippen molar-refractivity contribution in [2.45, 2.75) is 39.5 Å². The van der Waals surface area contributed by atoms with Crippen LogP contribution in [0.5, 0.6) is 11.5 Å². The zero-order chi connectivity index (χ0) is 17.5. The number of Topliss-reactive ketones (excluding diaryl/α,β-unsaturated/α-hetero) is 1. The number of methoxy groups -OCH3 is 2. The molecule has 0 heterocycles. The van der Waals surface area contributed by atoms with Crippen LogP contribution < -0.4 is 9.47 Å². The van der Waals surface area contributed by atoms with Crippen LogP contribution in [-0.2, 0) is 12.8 Å². The van der Waals surface area contributed by atoms with E-state index >= 15 is 0 Å². The number of aryl methyl sites for hydroxylation is 2. The van der Waals surface area contributed by atoms with Crippen LogP contribution in [0.25, 0.3) is 0 Å². The highest BCUT2D eigenvalue weighted by Gasteiger charge is 2.20. The molecule has 0 aliphatic carbocycles. The Morgan fingerprint density at radius 1 is 1.00 bits per heavy atom. The molecule has 0 aliphatic heterocycles. The Morgan fingerprint density at radius 3 is 2.25 bits per heavy atom. The second kappa shape index (κ2) is 8.53. The molecule has 3 heteroatoms. The predicted octanol–water partition coefficient (Wildman–Crippen LogP) is 4.78. The second-order valence-electron chi connectivity index (χ2n) is 6.03. The van der Waals surface area contributed by atoms with Crippen molar-refractivity contribution < 1.29 is 14.3 Å². The number of ketones is 1. The third-order valence-corrected chi connectivity index (χ3v) is 4.30. The maximum atomic E-state index is 12.0. The number of hydrogen-bond donors (Lipinski definition) is 0. The molecule has 0 N–H and O–H groups in total. The average molecular weight is 326 g/mol. The van der Waals surface area contributed by atoms with Gasteiger partial charge < -0.3 is 9.47 Å². The number of carbonyl (C=O) groups is 1. The van der Waals surface area contributed by atoms with Crippen LogP contribution >= 0.6 is 0 Å². The lowest BCUT2D eigenvalue weighted by molar-refractivity contribution is 0.101. The molecule has 24 heavy (non-hydrogen) atoms. The van der Waals surface area contributed by atoms with Gasteiger partial charge in [0.2, 0.25) is 0 Å². The zero-order valence-electron chi connectivity index (χ0n) is 15.0. The Morgan fingerprint density at radius 2 is 1.67 bits per heavy atom. The first-order chi connectivity index (χ1) is 11.6. The van der Waals surface area contributed by atoms with Crippen LogP contribution in [0.15, 0.2) is 36.4 Å². The van der Waals surface area contributed by atoms with E-state index in [1.165, 1.54) is 5.56 Å². The lowest BCUT2D eigenvalue weighted by Gasteiger charge is -2.18. The summed E-state index contributed by atoms with van der Waals surface area (Å²) < 4.78 is 11.1. The summed E-state index contributed by atoms with van der Waals surface area (Å²) in [5.74, 6) is 1.49. The van der Waals surface area contributed by atoms with E-state index in [0.29, 0.717) is 11.3 Å². The highest BCUT2D eigenvalue weighted by molar-refractivity contribution is 5.99. The van der Waals surface area contributed by atoms with Gasteiger partial charge in [-0.3, -0.25) is 4.79 Å². The molecule has 0 amide bonds. The molecule has 0 aliphatic rings. The Hall–Kier alpha value is -2.29. The van der Waals surface area contributed by atoms with Crippen LogP contribution in [0.3, 0.4) is 0 Å². The van der Waals surface area contributed by atoms with Gasteiger partial charge in [-0.15, -0.1) is 0 Å². The van der Waals surface area contributed by atoms with E-state index in [-0.39, 0.29) is 5.78 Å². The summed E-state index contributed by atoms with van der Waals surface area (Å²) in [6.07, 6.45) is 3.98. The van der Waals surface area contributed by atoms with Gasteiger partial charge in [-0.05, 0) is 56.7 Å². The molecule has 2 aromatic carbocycles. The van der Waals surface area contributed by atoms with Gasteiger partial charge in [0.05, 0.1) is 19.8 Å². The number of benzene rings is 2. The molecule has 0 fully saturated rings. The topological polar surface area (TPSA) is 35.5 Å². The third kappa shape index (κ3) is 4.16. The highest BCUT2D eigenvalue weighted by atomic mass is 16.5. The lowest BCUT2D eigenvalue weighted by Crippen LogP contribution is -2.06. The zero-order valence-corrected chi connectivity index (χ0v) is 15.0. The Bertz CT molecular complexity index is 690.